The van der Waals surface area contributed by atoms with Gasteiger partial charge >= 0.3 is 0 Å². The van der Waals surface area contributed by atoms with Crippen LogP contribution in [0.4, 0.5) is 10.1 Å². The fourth-order valence-electron chi connectivity index (χ4n) is 4.92. The van der Waals surface area contributed by atoms with Crippen molar-refractivity contribution in [1.29, 1.82) is 0 Å². The van der Waals surface area contributed by atoms with Gasteiger partial charge in [-0.1, -0.05) is 12.1 Å². The van der Waals surface area contributed by atoms with Crippen LogP contribution >= 0.6 is 0 Å². The summed E-state index contributed by atoms with van der Waals surface area (Å²) in [6.45, 7) is 6.22. The number of nitrogens with zero attached hydrogens (tertiary/aromatic N) is 2. The Morgan fingerprint density at radius 2 is 1.56 bits per heavy atom. The first-order valence-electron chi connectivity index (χ1n) is 15.1. The van der Waals surface area contributed by atoms with Crippen LogP contribution in [0.15, 0.2) is 54.6 Å². The largest absolute Gasteiger partial charge is 0.508 e. The number of anilines is 1. The van der Waals surface area contributed by atoms with Gasteiger partial charge in [0.15, 0.2) is 23.1 Å². The van der Waals surface area contributed by atoms with Crippen molar-refractivity contribution in [2.45, 2.75) is 52.0 Å². The minimum Gasteiger partial charge on any atom is -0.508 e. The van der Waals surface area contributed by atoms with Gasteiger partial charge in [0.25, 0.3) is 0 Å². The van der Waals surface area contributed by atoms with E-state index in [9.17, 15) is 9.50 Å². The summed E-state index contributed by atoms with van der Waals surface area (Å²) in [5.41, 5.74) is 4.60. The summed E-state index contributed by atoms with van der Waals surface area (Å²) < 4.78 is 35.4. The van der Waals surface area contributed by atoms with Crippen molar-refractivity contribution in [3.05, 3.63) is 77.1 Å². The van der Waals surface area contributed by atoms with E-state index in [-0.39, 0.29) is 11.6 Å². The maximum Gasteiger partial charge on any atom is 0.165 e. The topological polar surface area (TPSA) is 89.7 Å². The number of methoxy groups -OCH3 is 2. The molecule has 0 bridgehead atoms. The number of benzene rings is 3. The Morgan fingerprint density at radius 3 is 2.16 bits per heavy atom. The Kier molecular flexibility index (Phi) is 14.4. The summed E-state index contributed by atoms with van der Waals surface area (Å²) in [4.78, 5) is 2.13. The summed E-state index contributed by atoms with van der Waals surface area (Å²) in [6, 6.07) is 16.5. The number of fused-ring (bicyclic) bond motifs is 1. The van der Waals surface area contributed by atoms with Crippen molar-refractivity contribution in [2.24, 2.45) is 5.84 Å². The van der Waals surface area contributed by atoms with Gasteiger partial charge in [0, 0.05) is 51.6 Å². The number of phenolic OH excluding ortho intramolecular Hbond substituents is 1. The minimum absolute atomic E-state index is 0.231. The van der Waals surface area contributed by atoms with E-state index in [0.29, 0.717) is 36.9 Å². The predicted molar refractivity (Wildman–Crippen MR) is 170 cm³/mol. The number of hydrazine groups is 1. The molecule has 43 heavy (non-hydrogen) atoms. The van der Waals surface area contributed by atoms with Crippen LogP contribution < -0.4 is 25.0 Å². The molecule has 0 spiro atoms. The van der Waals surface area contributed by atoms with E-state index in [4.69, 9.17) is 24.8 Å². The monoisotopic (exact) mass is 597 g/mol. The standard InChI is InChI=1S/C20H28FN3O3.C10H12O.C4H8O/c1-5-24(16-7-9-19(25-3)20(13-16)26-4)14-15-6-8-18(17(21)12-15)27-11-10-23(2)22;11-10-6-5-8-3-1-2-4-9(8)7-10;1-2-4-5-3-1/h6-9,12-13H,5,10-11,14,22H2,1-4H3;5-7,11H,1-4H2;1-4H2. The van der Waals surface area contributed by atoms with Gasteiger partial charge in [0.2, 0.25) is 0 Å². The molecular formula is C34H48FN3O5. The zero-order valence-corrected chi connectivity index (χ0v) is 26.1. The fourth-order valence-corrected chi connectivity index (χ4v) is 4.92. The lowest BCUT2D eigenvalue weighted by atomic mass is 9.92. The Labute approximate surface area is 256 Å². The Morgan fingerprint density at radius 1 is 0.860 bits per heavy atom. The highest BCUT2D eigenvalue weighted by molar-refractivity contribution is 5.56. The van der Waals surface area contributed by atoms with E-state index in [1.807, 2.05) is 43.3 Å². The minimum atomic E-state index is -0.379. The zero-order valence-electron chi connectivity index (χ0n) is 26.1. The Bertz CT molecular complexity index is 1250. The molecule has 3 aromatic rings. The highest BCUT2D eigenvalue weighted by Gasteiger charge is 2.12. The second-order valence-electron chi connectivity index (χ2n) is 10.6. The maximum atomic E-state index is 14.3. The van der Waals surface area contributed by atoms with Gasteiger partial charge in [-0.05, 0) is 98.5 Å². The Balaban J connectivity index is 0.000000254. The number of halogens is 1. The first-order valence-corrected chi connectivity index (χ1v) is 15.1. The van der Waals surface area contributed by atoms with Crippen LogP contribution in [0.25, 0.3) is 0 Å². The van der Waals surface area contributed by atoms with Gasteiger partial charge < -0.3 is 29.0 Å². The lowest BCUT2D eigenvalue weighted by molar-refractivity contribution is 0.198. The molecule has 1 saturated heterocycles. The van der Waals surface area contributed by atoms with E-state index in [0.717, 1.165) is 37.4 Å². The first kappa shape index (κ1) is 34.0. The molecule has 1 aliphatic heterocycles. The molecule has 3 aromatic carbocycles. The molecule has 1 fully saturated rings. The van der Waals surface area contributed by atoms with Crippen molar-refractivity contribution in [3.8, 4) is 23.0 Å². The lowest BCUT2D eigenvalue weighted by Crippen LogP contribution is -2.30. The number of aromatic hydroxyl groups is 1. The number of likely N-dealkylation sites (N-methyl/N-ethyl adjacent to an activating group) is 1. The average molecular weight is 598 g/mol. The molecule has 0 unspecified atom stereocenters. The number of hydrogen-bond donors (Lipinski definition) is 2. The van der Waals surface area contributed by atoms with Crippen molar-refractivity contribution >= 4 is 5.69 Å². The molecule has 9 heteroatoms. The highest BCUT2D eigenvalue weighted by Crippen LogP contribution is 2.32. The second-order valence-corrected chi connectivity index (χ2v) is 10.6. The second kappa shape index (κ2) is 18.2. The molecule has 0 saturated carbocycles. The van der Waals surface area contributed by atoms with Crippen LogP contribution in [0, 0.1) is 5.82 Å². The molecule has 0 aromatic heterocycles. The third-order valence-corrected chi connectivity index (χ3v) is 7.34. The van der Waals surface area contributed by atoms with Crippen molar-refractivity contribution in [3.63, 3.8) is 0 Å². The predicted octanol–water partition coefficient (Wildman–Crippen LogP) is 6.12. The third kappa shape index (κ3) is 11.2. The SMILES string of the molecule is C1CCOC1.CCN(Cc1ccc(OCCN(C)N)c(F)c1)c1ccc(OC)c(OC)c1.Oc1ccc2c(c1)CCCC2. The van der Waals surface area contributed by atoms with Gasteiger partial charge in [0.1, 0.15) is 12.4 Å². The van der Waals surface area contributed by atoms with Crippen LogP contribution in [0.1, 0.15) is 49.3 Å². The zero-order chi connectivity index (χ0) is 31.0. The van der Waals surface area contributed by atoms with Crippen LogP contribution in [0.5, 0.6) is 23.0 Å². The van der Waals surface area contributed by atoms with E-state index >= 15 is 0 Å². The summed E-state index contributed by atoms with van der Waals surface area (Å²) in [7, 11) is 4.94. The van der Waals surface area contributed by atoms with Crippen LogP contribution in [0.2, 0.25) is 0 Å². The van der Waals surface area contributed by atoms with Crippen LogP contribution in [-0.4, -0.2) is 64.3 Å². The number of ether oxygens (including phenoxy) is 4. The van der Waals surface area contributed by atoms with Gasteiger partial charge in [-0.3, -0.25) is 5.84 Å². The average Bonchev–Trinajstić information content (AvgIpc) is 3.61. The van der Waals surface area contributed by atoms with Gasteiger partial charge in [-0.25, -0.2) is 9.40 Å². The molecule has 0 atom stereocenters. The highest BCUT2D eigenvalue weighted by atomic mass is 19.1. The fraction of sp³-hybridized carbons (Fsp3) is 0.471. The van der Waals surface area contributed by atoms with E-state index in [1.165, 1.54) is 54.3 Å². The van der Waals surface area contributed by atoms with E-state index in [1.54, 1.807) is 33.4 Å². The van der Waals surface area contributed by atoms with Gasteiger partial charge in [0.05, 0.1) is 14.2 Å². The molecule has 5 rings (SSSR count). The smallest absolute Gasteiger partial charge is 0.165 e. The number of rotatable bonds is 10. The van der Waals surface area contributed by atoms with Gasteiger partial charge in [-0.2, -0.15) is 0 Å². The number of aryl methyl sites for hydroxylation is 2. The molecule has 1 aliphatic carbocycles. The van der Waals surface area contributed by atoms with E-state index in [2.05, 4.69) is 4.90 Å². The molecule has 1 heterocycles. The van der Waals surface area contributed by atoms with Crippen LogP contribution in [0.3, 0.4) is 0 Å². The third-order valence-electron chi connectivity index (χ3n) is 7.34. The molecule has 8 nitrogen and oxygen atoms in total. The maximum absolute atomic E-state index is 14.3. The number of phenols is 1. The number of hydrogen-bond acceptors (Lipinski definition) is 8. The normalized spacial score (nSPS) is 13.7. The molecular weight excluding hydrogens is 549 g/mol. The summed E-state index contributed by atoms with van der Waals surface area (Å²) in [5, 5.41) is 10.7. The van der Waals surface area contributed by atoms with Crippen LogP contribution in [-0.2, 0) is 24.1 Å². The quantitative estimate of drug-likeness (QED) is 0.213. The molecule has 236 valence electrons. The number of nitrogens with two attached hydrogens (primary N) is 1. The molecule has 3 N–H and O–H groups in total. The summed E-state index contributed by atoms with van der Waals surface area (Å²) >= 11 is 0. The van der Waals surface area contributed by atoms with E-state index < -0.39 is 0 Å². The molecule has 0 radical (unpaired) electrons. The molecule has 2 aliphatic rings. The van der Waals surface area contributed by atoms with Gasteiger partial charge in [-0.15, -0.1) is 0 Å². The lowest BCUT2D eigenvalue weighted by Gasteiger charge is -2.24. The first-order chi connectivity index (χ1) is 20.8. The van der Waals surface area contributed by atoms with Crippen molar-refractivity contribution in [2.75, 3.05) is 59.1 Å². The van der Waals surface area contributed by atoms with Crippen molar-refractivity contribution in [1.82, 2.24) is 5.01 Å². The molecule has 0 amide bonds. The summed E-state index contributed by atoms with van der Waals surface area (Å²) in [6.07, 6.45) is 7.47. The Hall–Kier alpha value is -3.53. The summed E-state index contributed by atoms with van der Waals surface area (Å²) in [5.74, 6) is 7.11. The van der Waals surface area contributed by atoms with Crippen molar-refractivity contribution < 1.29 is 28.4 Å².